The van der Waals surface area contributed by atoms with Crippen LogP contribution >= 0.6 is 15.9 Å². The van der Waals surface area contributed by atoms with E-state index in [0.717, 1.165) is 0 Å². The van der Waals surface area contributed by atoms with Crippen LogP contribution in [0.5, 0.6) is 0 Å². The Morgan fingerprint density at radius 2 is 1.80 bits per heavy atom. The zero-order valence-corrected chi connectivity index (χ0v) is 6.93. The van der Waals surface area contributed by atoms with Crippen LogP contribution in [0.4, 0.5) is 13.2 Å². The van der Waals surface area contributed by atoms with Gasteiger partial charge in [-0.25, -0.2) is 0 Å². The second kappa shape index (κ2) is 2.40. The first kappa shape index (κ1) is 8.37. The molecule has 0 nitrogen and oxygen atoms in total. The third-order valence-corrected chi connectivity index (χ3v) is 3.24. The maximum absolute atomic E-state index is 12.1. The maximum atomic E-state index is 12.1. The minimum absolute atomic E-state index is 0.0590. The van der Waals surface area contributed by atoms with Gasteiger partial charge in [-0.2, -0.15) is 13.2 Å². The summed E-state index contributed by atoms with van der Waals surface area (Å²) in [6.07, 6.45) is -2.70. The summed E-state index contributed by atoms with van der Waals surface area (Å²) >= 11 is 2.90. The topological polar surface area (TPSA) is 0 Å². The lowest BCUT2D eigenvalue weighted by Gasteiger charge is -2.41. The van der Waals surface area contributed by atoms with Gasteiger partial charge in [0.25, 0.3) is 0 Å². The Morgan fingerprint density at radius 1 is 1.30 bits per heavy atom. The van der Waals surface area contributed by atoms with Crippen LogP contribution < -0.4 is 0 Å². The molecule has 4 heteroatoms. The average Bonchev–Trinajstić information content (AvgIpc) is 1.58. The number of rotatable bonds is 1. The van der Waals surface area contributed by atoms with Crippen molar-refractivity contribution in [2.45, 2.75) is 25.4 Å². The zero-order chi connectivity index (χ0) is 7.83. The maximum Gasteiger partial charge on any atom is 0.395 e. The first-order valence-electron chi connectivity index (χ1n) is 3.14. The highest BCUT2D eigenvalue weighted by Crippen LogP contribution is 2.53. The van der Waals surface area contributed by atoms with Crippen molar-refractivity contribution in [3.63, 3.8) is 0 Å². The van der Waals surface area contributed by atoms with Crippen LogP contribution in [0.3, 0.4) is 0 Å². The fourth-order valence-electron chi connectivity index (χ4n) is 1.10. The third-order valence-electron chi connectivity index (χ3n) is 2.17. The molecule has 60 valence electrons. The molecule has 0 aromatic rings. The molecule has 0 saturated heterocycles. The Balaban J connectivity index is 2.65. The van der Waals surface area contributed by atoms with Crippen molar-refractivity contribution in [1.29, 1.82) is 0 Å². The first-order chi connectivity index (χ1) is 4.52. The lowest BCUT2D eigenvalue weighted by molar-refractivity contribution is -0.240. The second-order valence-electron chi connectivity index (χ2n) is 2.77. The number of alkyl halides is 4. The summed E-state index contributed by atoms with van der Waals surface area (Å²) in [6.45, 7) is 0. The molecular weight excluding hydrogens is 209 g/mol. The monoisotopic (exact) mass is 216 g/mol. The van der Waals surface area contributed by atoms with Gasteiger partial charge in [-0.1, -0.05) is 22.4 Å². The van der Waals surface area contributed by atoms with Gasteiger partial charge in [0.1, 0.15) is 0 Å². The Morgan fingerprint density at radius 3 is 1.80 bits per heavy atom. The van der Waals surface area contributed by atoms with Crippen molar-refractivity contribution in [3.8, 4) is 0 Å². The van der Waals surface area contributed by atoms with Crippen molar-refractivity contribution in [3.05, 3.63) is 0 Å². The van der Waals surface area contributed by atoms with Gasteiger partial charge in [-0.3, -0.25) is 0 Å². The van der Waals surface area contributed by atoms with Gasteiger partial charge in [0, 0.05) is 5.33 Å². The SMILES string of the molecule is FC(F)(F)C1(CBr)CCC1. The van der Waals surface area contributed by atoms with E-state index in [1.165, 1.54) is 0 Å². The van der Waals surface area contributed by atoms with Crippen LogP contribution in [0.1, 0.15) is 19.3 Å². The van der Waals surface area contributed by atoms with Gasteiger partial charge in [-0.05, 0) is 12.8 Å². The summed E-state index contributed by atoms with van der Waals surface area (Å²) < 4.78 is 36.4. The number of hydrogen-bond acceptors (Lipinski definition) is 0. The molecule has 0 radical (unpaired) electrons. The van der Waals surface area contributed by atoms with Crippen LogP contribution in [0.2, 0.25) is 0 Å². The molecule has 0 aromatic heterocycles. The normalized spacial score (nSPS) is 24.0. The molecule has 0 heterocycles. The molecule has 0 amide bonds. The largest absolute Gasteiger partial charge is 0.395 e. The van der Waals surface area contributed by atoms with E-state index in [0.29, 0.717) is 19.3 Å². The highest BCUT2D eigenvalue weighted by molar-refractivity contribution is 9.09. The highest BCUT2D eigenvalue weighted by Gasteiger charge is 2.57. The van der Waals surface area contributed by atoms with Crippen LogP contribution in [0, 0.1) is 5.41 Å². The van der Waals surface area contributed by atoms with Crippen LogP contribution in [-0.2, 0) is 0 Å². The zero-order valence-electron chi connectivity index (χ0n) is 5.34. The summed E-state index contributed by atoms with van der Waals surface area (Å²) in [5.74, 6) is 0. The lowest BCUT2D eigenvalue weighted by Crippen LogP contribution is -2.45. The van der Waals surface area contributed by atoms with E-state index in [1.54, 1.807) is 0 Å². The molecule has 0 atom stereocenters. The molecular formula is C6H8BrF3. The molecule has 1 aliphatic carbocycles. The van der Waals surface area contributed by atoms with Gasteiger partial charge in [-0.15, -0.1) is 0 Å². The highest BCUT2D eigenvalue weighted by atomic mass is 79.9. The number of halogens is 4. The van der Waals surface area contributed by atoms with Gasteiger partial charge in [0.05, 0.1) is 5.41 Å². The molecule has 1 rings (SSSR count). The van der Waals surface area contributed by atoms with Gasteiger partial charge in [0.2, 0.25) is 0 Å². The molecule has 0 aliphatic heterocycles. The van der Waals surface area contributed by atoms with Crippen LogP contribution in [-0.4, -0.2) is 11.5 Å². The minimum atomic E-state index is -4.01. The predicted octanol–water partition coefficient (Wildman–Crippen LogP) is 3.11. The van der Waals surface area contributed by atoms with Crippen LogP contribution in [0.25, 0.3) is 0 Å². The molecule has 0 spiro atoms. The molecule has 1 fully saturated rings. The van der Waals surface area contributed by atoms with E-state index in [1.807, 2.05) is 0 Å². The summed E-state index contributed by atoms with van der Waals surface area (Å²) in [4.78, 5) is 0. The predicted molar refractivity (Wildman–Crippen MR) is 36.1 cm³/mol. The third kappa shape index (κ3) is 1.06. The molecule has 0 aromatic carbocycles. The quantitative estimate of drug-likeness (QED) is 0.592. The standard InChI is InChI=1S/C6H8BrF3/c7-4-5(2-1-3-5)6(8,9)10/h1-4H2. The molecule has 0 N–H and O–H groups in total. The van der Waals surface area contributed by atoms with Gasteiger partial charge < -0.3 is 0 Å². The Bertz CT molecular complexity index is 120. The summed E-state index contributed by atoms with van der Waals surface area (Å²) in [7, 11) is 0. The lowest BCUT2D eigenvalue weighted by atomic mass is 9.70. The fraction of sp³-hybridized carbons (Fsp3) is 1.00. The smallest absolute Gasteiger partial charge is 0.170 e. The molecule has 1 saturated carbocycles. The van der Waals surface area contributed by atoms with Gasteiger partial charge >= 0.3 is 6.18 Å². The minimum Gasteiger partial charge on any atom is -0.170 e. The Hall–Kier alpha value is 0.270. The van der Waals surface area contributed by atoms with E-state index in [-0.39, 0.29) is 5.33 Å². The van der Waals surface area contributed by atoms with E-state index in [2.05, 4.69) is 15.9 Å². The van der Waals surface area contributed by atoms with E-state index in [9.17, 15) is 13.2 Å². The van der Waals surface area contributed by atoms with Crippen molar-refractivity contribution in [1.82, 2.24) is 0 Å². The summed E-state index contributed by atoms with van der Waals surface area (Å²) in [5, 5.41) is 0.0590. The second-order valence-corrected chi connectivity index (χ2v) is 3.33. The Labute approximate surface area is 65.9 Å². The van der Waals surface area contributed by atoms with Crippen molar-refractivity contribution < 1.29 is 13.2 Å². The van der Waals surface area contributed by atoms with E-state index >= 15 is 0 Å². The molecule has 0 bridgehead atoms. The van der Waals surface area contributed by atoms with Crippen molar-refractivity contribution in [2.75, 3.05) is 5.33 Å². The first-order valence-corrected chi connectivity index (χ1v) is 4.27. The van der Waals surface area contributed by atoms with Crippen LogP contribution in [0.15, 0.2) is 0 Å². The van der Waals surface area contributed by atoms with E-state index in [4.69, 9.17) is 0 Å². The van der Waals surface area contributed by atoms with Crippen molar-refractivity contribution >= 4 is 15.9 Å². The Kier molecular flexibility index (Phi) is 2.00. The van der Waals surface area contributed by atoms with Gasteiger partial charge in [0.15, 0.2) is 0 Å². The average molecular weight is 217 g/mol. The molecule has 1 aliphatic rings. The van der Waals surface area contributed by atoms with Crippen molar-refractivity contribution in [2.24, 2.45) is 5.41 Å². The van der Waals surface area contributed by atoms with E-state index < -0.39 is 11.6 Å². The summed E-state index contributed by atoms with van der Waals surface area (Å²) in [6, 6.07) is 0. The molecule has 0 unspecified atom stereocenters. The molecule has 10 heavy (non-hydrogen) atoms. The summed E-state index contributed by atoms with van der Waals surface area (Å²) in [5.41, 5.74) is -1.38. The number of hydrogen-bond donors (Lipinski definition) is 0. The fourth-order valence-corrected chi connectivity index (χ4v) is 1.98.